The SMILES string of the molecule is c1ncn(C2CC2)c1CNC1CCCCC1. The van der Waals surface area contributed by atoms with E-state index in [1.165, 1.54) is 50.6 Å². The van der Waals surface area contributed by atoms with Crippen molar-refractivity contribution in [3.8, 4) is 0 Å². The summed E-state index contributed by atoms with van der Waals surface area (Å²) >= 11 is 0. The minimum absolute atomic E-state index is 0.747. The number of nitrogens with zero attached hydrogens (tertiary/aromatic N) is 2. The normalized spacial score (nSPS) is 22.5. The highest BCUT2D eigenvalue weighted by Gasteiger charge is 2.25. The number of hydrogen-bond donors (Lipinski definition) is 1. The zero-order valence-electron chi connectivity index (χ0n) is 9.86. The number of hydrogen-bond acceptors (Lipinski definition) is 2. The molecule has 3 heteroatoms. The molecule has 0 radical (unpaired) electrons. The lowest BCUT2D eigenvalue weighted by Crippen LogP contribution is -2.31. The fourth-order valence-electron chi connectivity index (χ4n) is 2.71. The summed E-state index contributed by atoms with van der Waals surface area (Å²) in [6.45, 7) is 1.00. The minimum Gasteiger partial charge on any atom is -0.330 e. The molecule has 3 rings (SSSR count). The molecule has 0 amide bonds. The van der Waals surface area contributed by atoms with Crippen LogP contribution in [0.4, 0.5) is 0 Å². The fraction of sp³-hybridized carbons (Fsp3) is 0.769. The lowest BCUT2D eigenvalue weighted by atomic mass is 9.95. The van der Waals surface area contributed by atoms with Gasteiger partial charge >= 0.3 is 0 Å². The second-order valence-corrected chi connectivity index (χ2v) is 5.24. The van der Waals surface area contributed by atoms with Crippen LogP contribution in [0, 0.1) is 0 Å². The van der Waals surface area contributed by atoms with E-state index in [1.54, 1.807) is 0 Å². The van der Waals surface area contributed by atoms with Crippen molar-refractivity contribution in [1.29, 1.82) is 0 Å². The summed E-state index contributed by atoms with van der Waals surface area (Å²) in [7, 11) is 0. The predicted molar refractivity (Wildman–Crippen MR) is 64.2 cm³/mol. The average Bonchev–Trinajstić information content (AvgIpc) is 3.07. The molecule has 1 heterocycles. The van der Waals surface area contributed by atoms with Crippen LogP contribution in [-0.4, -0.2) is 15.6 Å². The molecule has 0 unspecified atom stereocenters. The monoisotopic (exact) mass is 219 g/mol. The summed E-state index contributed by atoms with van der Waals surface area (Å²) in [5.41, 5.74) is 1.37. The Balaban J connectivity index is 1.54. The molecule has 88 valence electrons. The van der Waals surface area contributed by atoms with Crippen molar-refractivity contribution < 1.29 is 0 Å². The van der Waals surface area contributed by atoms with Crippen LogP contribution in [0.15, 0.2) is 12.5 Å². The van der Waals surface area contributed by atoms with Crippen LogP contribution in [0.3, 0.4) is 0 Å². The quantitative estimate of drug-likeness (QED) is 0.843. The standard InChI is InChI=1S/C13H21N3/c1-2-4-11(5-3-1)15-9-13-8-14-10-16(13)12-6-7-12/h8,10-12,15H,1-7,9H2. The molecule has 2 fully saturated rings. The van der Waals surface area contributed by atoms with Crippen LogP contribution in [0.25, 0.3) is 0 Å². The van der Waals surface area contributed by atoms with Gasteiger partial charge in [0.05, 0.1) is 12.0 Å². The van der Waals surface area contributed by atoms with Crippen molar-refractivity contribution in [2.75, 3.05) is 0 Å². The van der Waals surface area contributed by atoms with E-state index in [-0.39, 0.29) is 0 Å². The van der Waals surface area contributed by atoms with Crippen molar-refractivity contribution in [3.05, 3.63) is 18.2 Å². The Hall–Kier alpha value is -0.830. The molecule has 0 spiro atoms. The minimum atomic E-state index is 0.747. The Morgan fingerprint density at radius 2 is 2.00 bits per heavy atom. The molecule has 0 aromatic carbocycles. The summed E-state index contributed by atoms with van der Waals surface area (Å²) in [5.74, 6) is 0. The molecule has 2 aliphatic rings. The second-order valence-electron chi connectivity index (χ2n) is 5.24. The third-order valence-corrected chi connectivity index (χ3v) is 3.86. The molecule has 0 aliphatic heterocycles. The van der Waals surface area contributed by atoms with Gasteiger partial charge in [-0.25, -0.2) is 4.98 Å². The molecular weight excluding hydrogens is 198 g/mol. The van der Waals surface area contributed by atoms with Gasteiger partial charge < -0.3 is 9.88 Å². The van der Waals surface area contributed by atoms with E-state index >= 15 is 0 Å². The van der Waals surface area contributed by atoms with E-state index in [4.69, 9.17) is 0 Å². The van der Waals surface area contributed by atoms with Crippen molar-refractivity contribution in [3.63, 3.8) is 0 Å². The Bertz CT molecular complexity index is 335. The molecule has 1 aromatic heterocycles. The summed E-state index contributed by atoms with van der Waals surface area (Å²) < 4.78 is 2.36. The van der Waals surface area contributed by atoms with Gasteiger partial charge in [-0.2, -0.15) is 0 Å². The number of aromatic nitrogens is 2. The van der Waals surface area contributed by atoms with Crippen LogP contribution in [0.1, 0.15) is 56.7 Å². The van der Waals surface area contributed by atoms with Crippen molar-refractivity contribution in [2.24, 2.45) is 0 Å². The van der Waals surface area contributed by atoms with Crippen molar-refractivity contribution in [2.45, 2.75) is 63.6 Å². The Morgan fingerprint density at radius 1 is 1.19 bits per heavy atom. The van der Waals surface area contributed by atoms with Crippen molar-refractivity contribution in [1.82, 2.24) is 14.9 Å². The molecule has 2 saturated carbocycles. The van der Waals surface area contributed by atoms with Gasteiger partial charge in [0.2, 0.25) is 0 Å². The van der Waals surface area contributed by atoms with E-state index in [1.807, 2.05) is 12.5 Å². The maximum Gasteiger partial charge on any atom is 0.0951 e. The average molecular weight is 219 g/mol. The van der Waals surface area contributed by atoms with Gasteiger partial charge in [-0.1, -0.05) is 19.3 Å². The van der Waals surface area contributed by atoms with Gasteiger partial charge in [0, 0.05) is 24.8 Å². The van der Waals surface area contributed by atoms with Crippen molar-refractivity contribution >= 4 is 0 Å². The van der Waals surface area contributed by atoms with E-state index in [0.717, 1.165) is 18.6 Å². The maximum atomic E-state index is 4.27. The van der Waals surface area contributed by atoms with Crippen LogP contribution in [0.2, 0.25) is 0 Å². The predicted octanol–water partition coefficient (Wildman–Crippen LogP) is 2.64. The fourth-order valence-corrected chi connectivity index (χ4v) is 2.71. The Morgan fingerprint density at radius 3 is 2.75 bits per heavy atom. The van der Waals surface area contributed by atoms with Gasteiger partial charge in [0.25, 0.3) is 0 Å². The molecule has 2 aliphatic carbocycles. The molecule has 0 atom stereocenters. The van der Waals surface area contributed by atoms with Gasteiger partial charge in [-0.3, -0.25) is 0 Å². The molecule has 1 N–H and O–H groups in total. The Labute approximate surface area is 97.3 Å². The zero-order chi connectivity index (χ0) is 10.8. The topological polar surface area (TPSA) is 29.9 Å². The first kappa shape index (κ1) is 10.3. The molecule has 0 saturated heterocycles. The largest absolute Gasteiger partial charge is 0.330 e. The molecule has 0 bridgehead atoms. The van der Waals surface area contributed by atoms with Gasteiger partial charge in [-0.15, -0.1) is 0 Å². The van der Waals surface area contributed by atoms with E-state index in [9.17, 15) is 0 Å². The van der Waals surface area contributed by atoms with Crippen LogP contribution in [0.5, 0.6) is 0 Å². The lowest BCUT2D eigenvalue weighted by Gasteiger charge is -2.23. The van der Waals surface area contributed by atoms with Gasteiger partial charge in [0.15, 0.2) is 0 Å². The van der Waals surface area contributed by atoms with Crippen LogP contribution >= 0.6 is 0 Å². The summed E-state index contributed by atoms with van der Waals surface area (Å²) in [6, 6.07) is 1.50. The molecule has 3 nitrogen and oxygen atoms in total. The number of imidazole rings is 1. The number of rotatable bonds is 4. The first-order chi connectivity index (χ1) is 7.93. The van der Waals surface area contributed by atoms with E-state index in [2.05, 4.69) is 14.9 Å². The lowest BCUT2D eigenvalue weighted by molar-refractivity contribution is 0.368. The summed E-state index contributed by atoms with van der Waals surface area (Å²) in [4.78, 5) is 4.27. The highest BCUT2D eigenvalue weighted by atomic mass is 15.1. The number of nitrogens with one attached hydrogen (secondary N) is 1. The molecular formula is C13H21N3. The first-order valence-electron chi connectivity index (χ1n) is 6.67. The van der Waals surface area contributed by atoms with Gasteiger partial charge in [0.1, 0.15) is 0 Å². The zero-order valence-corrected chi connectivity index (χ0v) is 9.86. The van der Waals surface area contributed by atoms with Crippen LogP contribution < -0.4 is 5.32 Å². The molecule has 1 aromatic rings. The highest BCUT2D eigenvalue weighted by Crippen LogP contribution is 2.35. The Kier molecular flexibility index (Phi) is 2.96. The third-order valence-electron chi connectivity index (χ3n) is 3.86. The summed E-state index contributed by atoms with van der Waals surface area (Å²) in [5, 5.41) is 3.69. The van der Waals surface area contributed by atoms with Gasteiger partial charge in [-0.05, 0) is 25.7 Å². The highest BCUT2D eigenvalue weighted by molar-refractivity contribution is 5.03. The third kappa shape index (κ3) is 2.29. The van der Waals surface area contributed by atoms with E-state index < -0.39 is 0 Å². The molecule has 16 heavy (non-hydrogen) atoms. The maximum absolute atomic E-state index is 4.27. The second kappa shape index (κ2) is 4.58. The van der Waals surface area contributed by atoms with E-state index in [0.29, 0.717) is 0 Å². The summed E-state index contributed by atoms with van der Waals surface area (Å²) in [6.07, 6.45) is 13.6. The first-order valence-corrected chi connectivity index (χ1v) is 6.67. The smallest absolute Gasteiger partial charge is 0.0951 e. The van der Waals surface area contributed by atoms with Crippen LogP contribution in [-0.2, 0) is 6.54 Å².